The van der Waals surface area contributed by atoms with Gasteiger partial charge in [-0.15, -0.1) is 0 Å². The Morgan fingerprint density at radius 1 is 1.31 bits per heavy atom. The van der Waals surface area contributed by atoms with Gasteiger partial charge in [0.15, 0.2) is 0 Å². The van der Waals surface area contributed by atoms with E-state index in [4.69, 9.17) is 5.11 Å². The minimum atomic E-state index is -1.30. The fourth-order valence-electron chi connectivity index (χ4n) is 1.62. The second-order valence-electron chi connectivity index (χ2n) is 4.62. The summed E-state index contributed by atoms with van der Waals surface area (Å²) in [6.45, 7) is 5.69. The summed E-state index contributed by atoms with van der Waals surface area (Å²) in [7, 11) is 0. The average Bonchev–Trinajstić information content (AvgIpc) is 2.16. The maximum absolute atomic E-state index is 10.6. The number of aliphatic hydroxyl groups is 1. The molecule has 16 heavy (non-hydrogen) atoms. The minimum Gasteiger partial charge on any atom is -0.481 e. The van der Waals surface area contributed by atoms with Gasteiger partial charge in [0.2, 0.25) is 0 Å². The van der Waals surface area contributed by atoms with E-state index in [9.17, 15) is 9.90 Å². The summed E-state index contributed by atoms with van der Waals surface area (Å²) in [5.74, 6) is -0.573. The molecule has 0 heterocycles. The average molecular weight is 222 g/mol. The zero-order valence-corrected chi connectivity index (χ0v) is 9.90. The minimum absolute atomic E-state index is 0.284. The first-order valence-corrected chi connectivity index (χ1v) is 5.37. The van der Waals surface area contributed by atoms with Gasteiger partial charge in [-0.3, -0.25) is 4.79 Å². The van der Waals surface area contributed by atoms with E-state index >= 15 is 0 Å². The van der Waals surface area contributed by atoms with Crippen LogP contribution in [-0.4, -0.2) is 16.2 Å². The lowest BCUT2D eigenvalue weighted by Gasteiger charge is -2.22. The predicted molar refractivity (Wildman–Crippen MR) is 62.4 cm³/mol. The summed E-state index contributed by atoms with van der Waals surface area (Å²) in [6.07, 6.45) is -0.284. The standard InChI is InChI=1S/C13H18O3/c1-9(2)10-4-6-11(7-5-10)13(3,16)8-12(14)15/h4-7,9,16H,8H2,1-3H3,(H,14,15). The largest absolute Gasteiger partial charge is 0.481 e. The molecule has 0 aliphatic heterocycles. The van der Waals surface area contributed by atoms with E-state index in [0.29, 0.717) is 11.5 Å². The molecular formula is C13H18O3. The van der Waals surface area contributed by atoms with E-state index < -0.39 is 11.6 Å². The third-order valence-corrected chi connectivity index (χ3v) is 2.69. The predicted octanol–water partition coefficient (Wildman–Crippen LogP) is 2.49. The third-order valence-electron chi connectivity index (χ3n) is 2.69. The first-order valence-electron chi connectivity index (χ1n) is 5.37. The van der Waals surface area contributed by atoms with E-state index in [0.717, 1.165) is 0 Å². The lowest BCUT2D eigenvalue weighted by molar-refractivity contribution is -0.142. The smallest absolute Gasteiger partial charge is 0.306 e. The Balaban J connectivity index is 2.92. The zero-order valence-electron chi connectivity index (χ0n) is 9.90. The summed E-state index contributed by atoms with van der Waals surface area (Å²) < 4.78 is 0. The van der Waals surface area contributed by atoms with E-state index in [1.807, 2.05) is 12.1 Å². The first-order chi connectivity index (χ1) is 7.33. The molecule has 0 fully saturated rings. The van der Waals surface area contributed by atoms with Gasteiger partial charge in [0.1, 0.15) is 0 Å². The van der Waals surface area contributed by atoms with Gasteiger partial charge in [-0.2, -0.15) is 0 Å². The number of hydrogen-bond acceptors (Lipinski definition) is 2. The highest BCUT2D eigenvalue weighted by molar-refractivity contribution is 5.68. The molecule has 0 radical (unpaired) electrons. The maximum atomic E-state index is 10.6. The van der Waals surface area contributed by atoms with Gasteiger partial charge in [0.25, 0.3) is 0 Å². The monoisotopic (exact) mass is 222 g/mol. The molecule has 1 atom stereocenters. The SMILES string of the molecule is CC(C)c1ccc(C(C)(O)CC(=O)O)cc1. The van der Waals surface area contributed by atoms with Crippen LogP contribution in [0.3, 0.4) is 0 Å². The number of hydrogen-bond donors (Lipinski definition) is 2. The lowest BCUT2D eigenvalue weighted by atomic mass is 9.90. The molecule has 0 aliphatic rings. The topological polar surface area (TPSA) is 57.5 Å². The van der Waals surface area contributed by atoms with Crippen molar-refractivity contribution in [2.24, 2.45) is 0 Å². The third kappa shape index (κ3) is 3.07. The van der Waals surface area contributed by atoms with Crippen LogP contribution in [0.2, 0.25) is 0 Å². The van der Waals surface area contributed by atoms with Crippen molar-refractivity contribution in [2.75, 3.05) is 0 Å². The number of rotatable bonds is 4. The number of carboxylic acids is 1. The molecule has 1 aromatic rings. The Morgan fingerprint density at radius 3 is 2.19 bits per heavy atom. The highest BCUT2D eigenvalue weighted by atomic mass is 16.4. The van der Waals surface area contributed by atoms with Crippen LogP contribution in [0.15, 0.2) is 24.3 Å². The number of carboxylic acid groups (broad SMARTS) is 1. The van der Waals surface area contributed by atoms with E-state index in [1.54, 1.807) is 12.1 Å². The van der Waals surface area contributed by atoms with Crippen LogP contribution in [0.4, 0.5) is 0 Å². The van der Waals surface area contributed by atoms with Crippen molar-refractivity contribution in [2.45, 2.75) is 38.7 Å². The van der Waals surface area contributed by atoms with Crippen LogP contribution >= 0.6 is 0 Å². The van der Waals surface area contributed by atoms with Gasteiger partial charge >= 0.3 is 5.97 Å². The second kappa shape index (κ2) is 4.66. The van der Waals surface area contributed by atoms with Crippen LogP contribution in [0, 0.1) is 0 Å². The van der Waals surface area contributed by atoms with Crippen molar-refractivity contribution >= 4 is 5.97 Å². The van der Waals surface area contributed by atoms with Crippen molar-refractivity contribution < 1.29 is 15.0 Å². The molecule has 0 saturated heterocycles. The summed E-state index contributed by atoms with van der Waals surface area (Å²) in [4.78, 5) is 10.6. The van der Waals surface area contributed by atoms with Crippen LogP contribution < -0.4 is 0 Å². The van der Waals surface area contributed by atoms with Crippen LogP contribution in [0.1, 0.15) is 44.2 Å². The molecule has 3 nitrogen and oxygen atoms in total. The van der Waals surface area contributed by atoms with Crippen LogP contribution in [0.25, 0.3) is 0 Å². The Morgan fingerprint density at radius 2 is 1.81 bits per heavy atom. The fourth-order valence-corrected chi connectivity index (χ4v) is 1.62. The van der Waals surface area contributed by atoms with Crippen molar-refractivity contribution in [3.63, 3.8) is 0 Å². The summed E-state index contributed by atoms with van der Waals surface area (Å²) in [5, 5.41) is 18.7. The number of benzene rings is 1. The van der Waals surface area contributed by atoms with Gasteiger partial charge in [0.05, 0.1) is 12.0 Å². The molecule has 3 heteroatoms. The molecule has 0 spiro atoms. The highest BCUT2D eigenvalue weighted by Crippen LogP contribution is 2.26. The van der Waals surface area contributed by atoms with Gasteiger partial charge in [0, 0.05) is 0 Å². The Hall–Kier alpha value is -1.35. The molecule has 0 amide bonds. The van der Waals surface area contributed by atoms with Crippen molar-refractivity contribution in [3.8, 4) is 0 Å². The van der Waals surface area contributed by atoms with E-state index in [-0.39, 0.29) is 6.42 Å². The van der Waals surface area contributed by atoms with Gasteiger partial charge in [-0.05, 0) is 24.0 Å². The van der Waals surface area contributed by atoms with E-state index in [2.05, 4.69) is 13.8 Å². The summed E-state index contributed by atoms with van der Waals surface area (Å²) in [6, 6.07) is 7.43. The molecule has 0 aromatic heterocycles. The Labute approximate surface area is 95.7 Å². The normalized spacial score (nSPS) is 14.8. The quantitative estimate of drug-likeness (QED) is 0.822. The maximum Gasteiger partial charge on any atom is 0.306 e. The second-order valence-corrected chi connectivity index (χ2v) is 4.62. The van der Waals surface area contributed by atoms with Gasteiger partial charge < -0.3 is 10.2 Å². The van der Waals surface area contributed by atoms with Crippen molar-refractivity contribution in [1.82, 2.24) is 0 Å². The van der Waals surface area contributed by atoms with E-state index in [1.165, 1.54) is 12.5 Å². The summed E-state index contributed by atoms with van der Waals surface area (Å²) in [5.41, 5.74) is 0.510. The molecule has 0 bridgehead atoms. The van der Waals surface area contributed by atoms with Crippen molar-refractivity contribution in [1.29, 1.82) is 0 Å². The van der Waals surface area contributed by atoms with Crippen LogP contribution in [-0.2, 0) is 10.4 Å². The van der Waals surface area contributed by atoms with Crippen LogP contribution in [0.5, 0.6) is 0 Å². The number of carbonyl (C=O) groups is 1. The zero-order chi connectivity index (χ0) is 12.3. The fraction of sp³-hybridized carbons (Fsp3) is 0.462. The molecule has 1 unspecified atom stereocenters. The molecule has 1 rings (SSSR count). The van der Waals surface area contributed by atoms with Gasteiger partial charge in [-0.25, -0.2) is 0 Å². The molecule has 2 N–H and O–H groups in total. The summed E-state index contributed by atoms with van der Waals surface area (Å²) >= 11 is 0. The highest BCUT2D eigenvalue weighted by Gasteiger charge is 2.26. The Bertz CT molecular complexity index is 363. The molecule has 0 saturated carbocycles. The molecular weight excluding hydrogens is 204 g/mol. The Kier molecular flexibility index (Phi) is 3.70. The first kappa shape index (κ1) is 12.7. The van der Waals surface area contributed by atoms with Gasteiger partial charge in [-0.1, -0.05) is 38.1 Å². The molecule has 1 aromatic carbocycles. The number of aliphatic carboxylic acids is 1. The molecule has 0 aliphatic carbocycles. The van der Waals surface area contributed by atoms with Crippen molar-refractivity contribution in [3.05, 3.63) is 35.4 Å². The molecule has 88 valence electrons. The lowest BCUT2D eigenvalue weighted by Crippen LogP contribution is -2.24.